The maximum Gasteiger partial charge on any atom is 0.306 e. The van der Waals surface area contributed by atoms with Crippen molar-refractivity contribution in [2.45, 2.75) is 341 Å². The van der Waals surface area contributed by atoms with E-state index in [4.69, 9.17) is 9.47 Å². The van der Waals surface area contributed by atoms with Crippen LogP contribution in [0, 0.1) is 0 Å². The van der Waals surface area contributed by atoms with E-state index < -0.39 is 6.10 Å². The van der Waals surface area contributed by atoms with Crippen LogP contribution in [0.4, 0.5) is 0 Å². The largest absolute Gasteiger partial charge is 0.462 e. The van der Waals surface area contributed by atoms with Crippen LogP contribution in [-0.4, -0.2) is 36.4 Å². The zero-order valence-electron chi connectivity index (χ0n) is 59.7. The second-order valence-electron chi connectivity index (χ2n) is 25.0. The van der Waals surface area contributed by atoms with Gasteiger partial charge < -0.3 is 14.6 Å². The summed E-state index contributed by atoms with van der Waals surface area (Å²) in [6.45, 7) is 3.90. The van der Waals surface area contributed by atoms with E-state index in [-0.39, 0.29) is 25.2 Å². The molecule has 0 bridgehead atoms. The number of ether oxygens (including phenoxy) is 2. The third-order valence-corrected chi connectivity index (χ3v) is 16.2. The Morgan fingerprint density at radius 1 is 0.250 bits per heavy atom. The molecule has 520 valence electrons. The van der Waals surface area contributed by atoms with Gasteiger partial charge in [0.05, 0.1) is 6.61 Å². The van der Waals surface area contributed by atoms with Crippen LogP contribution in [0.5, 0.6) is 0 Å². The first-order chi connectivity index (χ1) is 45.6. The van der Waals surface area contributed by atoms with Crippen molar-refractivity contribution in [3.63, 3.8) is 0 Å². The van der Waals surface area contributed by atoms with Gasteiger partial charge in [0.2, 0.25) is 0 Å². The van der Waals surface area contributed by atoms with Crippen LogP contribution in [0.15, 0.2) is 182 Å². The zero-order chi connectivity index (χ0) is 66.1. The molecule has 5 nitrogen and oxygen atoms in total. The van der Waals surface area contributed by atoms with Crippen molar-refractivity contribution in [1.29, 1.82) is 0 Å². The van der Waals surface area contributed by atoms with Crippen LogP contribution < -0.4 is 0 Å². The Balaban J connectivity index is 3.53. The molecule has 0 aliphatic carbocycles. The summed E-state index contributed by atoms with van der Waals surface area (Å²) in [7, 11) is 0. The van der Waals surface area contributed by atoms with E-state index in [9.17, 15) is 14.7 Å². The fourth-order valence-corrected chi connectivity index (χ4v) is 10.6. The number of hydrogen-bond donors (Lipinski definition) is 1. The number of hydrogen-bond acceptors (Lipinski definition) is 5. The highest BCUT2D eigenvalue weighted by Gasteiger charge is 2.16. The van der Waals surface area contributed by atoms with Gasteiger partial charge >= 0.3 is 11.9 Å². The molecule has 92 heavy (non-hydrogen) atoms. The minimum absolute atomic E-state index is 0.0866. The first-order valence-electron chi connectivity index (χ1n) is 38.3. The minimum atomic E-state index is -0.803. The molecule has 0 saturated carbocycles. The second-order valence-corrected chi connectivity index (χ2v) is 25.0. The maximum absolute atomic E-state index is 12.4. The Morgan fingerprint density at radius 2 is 0.435 bits per heavy atom. The normalized spacial score (nSPS) is 13.3. The summed E-state index contributed by atoms with van der Waals surface area (Å²) in [5, 5.41) is 9.71. The SMILES string of the molecule is CC/C=C\C/C=C\C/C=C\C/C=C\C/C=C\C/C=C\C/C=C\C/C=C\C/C=C\C/C=C\C/C=C\CCCCCC(=O)OC(CO)COC(=O)CCCCCCCCCCCCCCCCCCCCCCCCCCCCCC/C=C\C/C=C\C/C=C\C/C=C\CC. The van der Waals surface area contributed by atoms with E-state index >= 15 is 0 Å². The van der Waals surface area contributed by atoms with Crippen molar-refractivity contribution in [2.24, 2.45) is 0 Å². The molecule has 0 radical (unpaired) electrons. The number of esters is 2. The highest BCUT2D eigenvalue weighted by molar-refractivity contribution is 5.70. The molecule has 0 aliphatic heterocycles. The van der Waals surface area contributed by atoms with Crippen LogP contribution in [0.1, 0.15) is 335 Å². The van der Waals surface area contributed by atoms with Crippen LogP contribution in [0.25, 0.3) is 0 Å². The molecule has 0 aromatic heterocycles. The molecule has 0 saturated heterocycles. The van der Waals surface area contributed by atoms with Gasteiger partial charge in [-0.05, 0) is 135 Å². The van der Waals surface area contributed by atoms with Gasteiger partial charge in [0.15, 0.2) is 6.10 Å². The van der Waals surface area contributed by atoms with Crippen LogP contribution in [0.2, 0.25) is 0 Å². The number of allylic oxidation sites excluding steroid dienone is 30. The number of rotatable bonds is 69. The van der Waals surface area contributed by atoms with Crippen molar-refractivity contribution in [3.8, 4) is 0 Å². The highest BCUT2D eigenvalue weighted by atomic mass is 16.6. The van der Waals surface area contributed by atoms with Gasteiger partial charge in [0.25, 0.3) is 0 Å². The summed E-state index contributed by atoms with van der Waals surface area (Å²) >= 11 is 0. The van der Waals surface area contributed by atoms with Gasteiger partial charge in [0.1, 0.15) is 6.61 Å². The molecule has 0 rings (SSSR count). The minimum Gasteiger partial charge on any atom is -0.462 e. The molecule has 0 heterocycles. The third kappa shape index (κ3) is 77.4. The Morgan fingerprint density at radius 3 is 0.663 bits per heavy atom. The van der Waals surface area contributed by atoms with E-state index in [0.29, 0.717) is 12.8 Å². The van der Waals surface area contributed by atoms with E-state index in [1.165, 1.54) is 167 Å². The molecule has 1 atom stereocenters. The lowest BCUT2D eigenvalue weighted by Gasteiger charge is -2.15. The Labute approximate surface area is 569 Å². The Hall–Kier alpha value is -5.00. The number of unbranched alkanes of at least 4 members (excludes halogenated alkanes) is 31. The fraction of sp³-hybridized carbons (Fsp3) is 0.632. The van der Waals surface area contributed by atoms with E-state index in [0.717, 1.165) is 141 Å². The predicted molar refractivity (Wildman–Crippen MR) is 407 cm³/mol. The molecular weight excluding hydrogens is 1120 g/mol. The van der Waals surface area contributed by atoms with Crippen LogP contribution in [-0.2, 0) is 19.1 Å². The molecule has 0 aliphatic rings. The zero-order valence-corrected chi connectivity index (χ0v) is 59.7. The van der Waals surface area contributed by atoms with Crippen molar-refractivity contribution in [1.82, 2.24) is 0 Å². The Bertz CT molecular complexity index is 2020. The highest BCUT2D eigenvalue weighted by Crippen LogP contribution is 2.18. The molecular formula is C87H142O5. The lowest BCUT2D eigenvalue weighted by atomic mass is 10.0. The van der Waals surface area contributed by atoms with Gasteiger partial charge in [-0.1, -0.05) is 369 Å². The average molecular weight is 1270 g/mol. The first-order valence-corrected chi connectivity index (χ1v) is 38.3. The monoisotopic (exact) mass is 1270 g/mol. The van der Waals surface area contributed by atoms with Crippen LogP contribution >= 0.6 is 0 Å². The summed E-state index contributed by atoms with van der Waals surface area (Å²) < 4.78 is 10.7. The van der Waals surface area contributed by atoms with E-state index in [1.54, 1.807) is 0 Å². The molecule has 0 aromatic rings. The van der Waals surface area contributed by atoms with Gasteiger partial charge in [-0.25, -0.2) is 0 Å². The van der Waals surface area contributed by atoms with Crippen molar-refractivity contribution >= 4 is 11.9 Å². The van der Waals surface area contributed by atoms with Crippen molar-refractivity contribution in [2.75, 3.05) is 13.2 Å². The third-order valence-electron chi connectivity index (χ3n) is 16.2. The summed E-state index contributed by atoms with van der Waals surface area (Å²) in [5.74, 6) is -0.628. The lowest BCUT2D eigenvalue weighted by molar-refractivity contribution is -0.161. The summed E-state index contributed by atoms with van der Waals surface area (Å²) in [6, 6.07) is 0. The average Bonchev–Trinajstić information content (AvgIpc) is 3.70. The second kappa shape index (κ2) is 80.2. The number of carbonyl (C=O) groups is 2. The summed E-state index contributed by atoms with van der Waals surface area (Å²) in [4.78, 5) is 24.7. The summed E-state index contributed by atoms with van der Waals surface area (Å²) in [5.41, 5.74) is 0. The maximum atomic E-state index is 12.4. The molecule has 0 fully saturated rings. The molecule has 5 heteroatoms. The van der Waals surface area contributed by atoms with E-state index in [2.05, 4.69) is 196 Å². The van der Waals surface area contributed by atoms with Crippen LogP contribution in [0.3, 0.4) is 0 Å². The number of aliphatic hydroxyl groups excluding tert-OH is 1. The van der Waals surface area contributed by atoms with Gasteiger partial charge in [-0.3, -0.25) is 9.59 Å². The fourth-order valence-electron chi connectivity index (χ4n) is 10.6. The van der Waals surface area contributed by atoms with E-state index in [1.807, 2.05) is 0 Å². The molecule has 0 aromatic carbocycles. The topological polar surface area (TPSA) is 72.8 Å². The van der Waals surface area contributed by atoms with Gasteiger partial charge in [0, 0.05) is 12.8 Å². The lowest BCUT2D eigenvalue weighted by Crippen LogP contribution is -2.28. The number of aliphatic hydroxyl groups is 1. The molecule has 1 unspecified atom stereocenters. The predicted octanol–water partition coefficient (Wildman–Crippen LogP) is 27.3. The molecule has 0 spiro atoms. The smallest absolute Gasteiger partial charge is 0.306 e. The standard InChI is InChI=1S/C87H142O5/c1-3-5-7-9-11-13-15-17-19-21-23-25-27-29-31-33-35-37-39-41-42-43-44-46-47-49-51-53-55-57-59-61-63-65-67-69-71-73-75-77-79-81-86(89)91-84-85(83-88)92-87(90)82-80-78-76-74-72-70-68-66-64-62-60-58-56-54-52-50-48-45-40-38-36-34-32-30-28-26-24-22-20-18-16-14-12-10-8-6-4-2/h5-8,11-14,17-20,23-26,30,32,36,38,45,48,52,54,58,60,64,66,70,72,85,88H,3-4,9-10,15-16,21-22,27-29,31,33-35,37,39-44,46-47,49-51,53,55-57,59,61-63,65,67-69,71,73-84H2,1-2H3/b7-5-,8-6-,13-11-,14-12-,19-17-,20-18-,25-23-,26-24-,32-30-,38-36-,48-45-,54-52-,60-58-,66-64-,72-70-. The van der Waals surface area contributed by atoms with Crippen molar-refractivity contribution < 1.29 is 24.2 Å². The Kier molecular flexibility index (Phi) is 75.9. The molecule has 0 amide bonds. The quantitative estimate of drug-likeness (QED) is 0.0373. The van der Waals surface area contributed by atoms with Gasteiger partial charge in [-0.2, -0.15) is 0 Å². The molecule has 1 N–H and O–H groups in total. The van der Waals surface area contributed by atoms with Gasteiger partial charge in [-0.15, -0.1) is 0 Å². The number of carbonyl (C=O) groups excluding carboxylic acids is 2. The van der Waals surface area contributed by atoms with Crippen molar-refractivity contribution in [3.05, 3.63) is 182 Å². The summed E-state index contributed by atoms with van der Waals surface area (Å²) in [6.07, 6.45) is 125. The first kappa shape index (κ1) is 87.0.